The summed E-state index contributed by atoms with van der Waals surface area (Å²) in [6.07, 6.45) is 3.19. The molecular formula is C14H14ClFN2O. The number of hydrogen-bond acceptors (Lipinski definition) is 3. The van der Waals surface area contributed by atoms with Gasteiger partial charge in [0.15, 0.2) is 0 Å². The van der Waals surface area contributed by atoms with Crippen LogP contribution in [0.2, 0.25) is 5.02 Å². The predicted octanol–water partition coefficient (Wildman–Crippen LogP) is 3.47. The van der Waals surface area contributed by atoms with E-state index < -0.39 is 0 Å². The number of benzene rings is 1. The molecule has 0 amide bonds. The molecule has 2 aromatic rings. The highest BCUT2D eigenvalue weighted by molar-refractivity contribution is 6.31. The summed E-state index contributed by atoms with van der Waals surface area (Å²) >= 11 is 5.99. The summed E-state index contributed by atoms with van der Waals surface area (Å²) in [6, 6.07) is 5.77. The van der Waals surface area contributed by atoms with Gasteiger partial charge in [0.05, 0.1) is 5.02 Å². The molecule has 5 heteroatoms. The van der Waals surface area contributed by atoms with E-state index in [2.05, 4.69) is 4.98 Å². The molecule has 0 aliphatic heterocycles. The van der Waals surface area contributed by atoms with Gasteiger partial charge in [-0.2, -0.15) is 0 Å². The molecule has 1 atom stereocenters. The van der Waals surface area contributed by atoms with E-state index in [0.29, 0.717) is 16.3 Å². The zero-order valence-electron chi connectivity index (χ0n) is 10.4. The summed E-state index contributed by atoms with van der Waals surface area (Å²) < 4.78 is 18.9. The average molecular weight is 281 g/mol. The molecule has 0 spiro atoms. The Balaban J connectivity index is 2.18. The van der Waals surface area contributed by atoms with Crippen molar-refractivity contribution >= 4 is 11.6 Å². The summed E-state index contributed by atoms with van der Waals surface area (Å²) in [5, 5.41) is 0.534. The predicted molar refractivity (Wildman–Crippen MR) is 72.6 cm³/mol. The topological polar surface area (TPSA) is 48.1 Å². The maximum atomic E-state index is 13.2. The number of aromatic nitrogens is 1. The largest absolute Gasteiger partial charge is 0.489 e. The highest BCUT2D eigenvalue weighted by Crippen LogP contribution is 2.26. The minimum atomic E-state index is -0.332. The number of rotatable bonds is 4. The van der Waals surface area contributed by atoms with E-state index >= 15 is 0 Å². The SMILES string of the molecule is CC(N)c1cc(F)ccc1OCc1ccncc1Cl. The highest BCUT2D eigenvalue weighted by atomic mass is 35.5. The summed E-state index contributed by atoms with van der Waals surface area (Å²) in [4.78, 5) is 3.90. The molecule has 0 bridgehead atoms. The van der Waals surface area contributed by atoms with Crippen LogP contribution in [0.5, 0.6) is 5.75 Å². The standard InChI is InChI=1S/C14H14ClFN2O/c1-9(17)12-6-11(16)2-3-14(12)19-8-10-4-5-18-7-13(10)15/h2-7,9H,8,17H2,1H3. The number of nitrogens with zero attached hydrogens (tertiary/aromatic N) is 1. The number of nitrogens with two attached hydrogens (primary N) is 1. The van der Waals surface area contributed by atoms with Gasteiger partial charge in [-0.25, -0.2) is 4.39 Å². The van der Waals surface area contributed by atoms with E-state index in [0.717, 1.165) is 5.56 Å². The van der Waals surface area contributed by atoms with E-state index in [1.54, 1.807) is 31.5 Å². The van der Waals surface area contributed by atoms with Crippen LogP contribution in [0.3, 0.4) is 0 Å². The number of ether oxygens (including phenoxy) is 1. The van der Waals surface area contributed by atoms with E-state index in [1.807, 2.05) is 0 Å². The fourth-order valence-corrected chi connectivity index (χ4v) is 1.86. The molecular weight excluding hydrogens is 267 g/mol. The fourth-order valence-electron chi connectivity index (χ4n) is 1.68. The van der Waals surface area contributed by atoms with Crippen molar-refractivity contribution < 1.29 is 9.13 Å². The van der Waals surface area contributed by atoms with Crippen LogP contribution in [0.4, 0.5) is 4.39 Å². The lowest BCUT2D eigenvalue weighted by Gasteiger charge is -2.14. The van der Waals surface area contributed by atoms with E-state index in [9.17, 15) is 4.39 Å². The minimum Gasteiger partial charge on any atom is -0.489 e. The van der Waals surface area contributed by atoms with Crippen molar-refractivity contribution in [3.05, 3.63) is 58.6 Å². The average Bonchev–Trinajstić information content (AvgIpc) is 2.38. The van der Waals surface area contributed by atoms with Crippen LogP contribution in [0, 0.1) is 5.82 Å². The molecule has 2 N–H and O–H groups in total. The van der Waals surface area contributed by atoms with Crippen molar-refractivity contribution in [3.63, 3.8) is 0 Å². The first-order chi connectivity index (χ1) is 9.08. The second-order valence-corrected chi connectivity index (χ2v) is 4.63. The van der Waals surface area contributed by atoms with Gasteiger partial charge in [-0.15, -0.1) is 0 Å². The normalized spacial score (nSPS) is 12.2. The van der Waals surface area contributed by atoms with E-state index in [1.165, 1.54) is 12.1 Å². The Morgan fingerprint density at radius 3 is 2.89 bits per heavy atom. The van der Waals surface area contributed by atoms with Crippen LogP contribution < -0.4 is 10.5 Å². The number of pyridine rings is 1. The minimum absolute atomic E-state index is 0.284. The van der Waals surface area contributed by atoms with Crippen molar-refractivity contribution in [3.8, 4) is 5.75 Å². The lowest BCUT2D eigenvalue weighted by molar-refractivity contribution is 0.301. The van der Waals surface area contributed by atoms with Crippen molar-refractivity contribution in [2.45, 2.75) is 19.6 Å². The number of halogens is 2. The molecule has 100 valence electrons. The Hall–Kier alpha value is -1.65. The monoisotopic (exact) mass is 280 g/mol. The maximum Gasteiger partial charge on any atom is 0.124 e. The zero-order valence-corrected chi connectivity index (χ0v) is 11.2. The van der Waals surface area contributed by atoms with Gasteiger partial charge in [0.2, 0.25) is 0 Å². The van der Waals surface area contributed by atoms with Crippen LogP contribution in [0.1, 0.15) is 24.1 Å². The Bertz CT molecular complexity index is 575. The van der Waals surface area contributed by atoms with Crippen molar-refractivity contribution in [2.75, 3.05) is 0 Å². The lowest BCUT2D eigenvalue weighted by atomic mass is 10.1. The third-order valence-corrected chi connectivity index (χ3v) is 3.04. The van der Waals surface area contributed by atoms with Gasteiger partial charge in [0.25, 0.3) is 0 Å². The molecule has 1 aromatic carbocycles. The van der Waals surface area contributed by atoms with E-state index in [-0.39, 0.29) is 18.5 Å². The van der Waals surface area contributed by atoms with Gasteiger partial charge in [-0.1, -0.05) is 11.6 Å². The summed E-state index contributed by atoms with van der Waals surface area (Å²) in [7, 11) is 0. The first-order valence-electron chi connectivity index (χ1n) is 5.84. The third-order valence-electron chi connectivity index (χ3n) is 2.70. The lowest BCUT2D eigenvalue weighted by Crippen LogP contribution is -2.08. The Morgan fingerprint density at radius 1 is 1.42 bits per heavy atom. The van der Waals surface area contributed by atoms with Crippen molar-refractivity contribution in [1.29, 1.82) is 0 Å². The first-order valence-corrected chi connectivity index (χ1v) is 6.22. The molecule has 0 aliphatic carbocycles. The van der Waals surface area contributed by atoms with Gasteiger partial charge in [0, 0.05) is 29.6 Å². The highest BCUT2D eigenvalue weighted by Gasteiger charge is 2.10. The molecule has 0 saturated heterocycles. The molecule has 19 heavy (non-hydrogen) atoms. The van der Waals surface area contributed by atoms with Crippen LogP contribution in [0.15, 0.2) is 36.7 Å². The zero-order chi connectivity index (χ0) is 13.8. The molecule has 0 radical (unpaired) electrons. The van der Waals surface area contributed by atoms with E-state index in [4.69, 9.17) is 22.1 Å². The van der Waals surface area contributed by atoms with Crippen molar-refractivity contribution in [1.82, 2.24) is 4.98 Å². The molecule has 0 fully saturated rings. The molecule has 0 aliphatic rings. The fraction of sp³-hybridized carbons (Fsp3) is 0.214. The first kappa shape index (κ1) is 13.8. The third kappa shape index (κ3) is 3.43. The Labute approximate surface area is 116 Å². The van der Waals surface area contributed by atoms with Crippen LogP contribution in [-0.2, 0) is 6.61 Å². The molecule has 1 unspecified atom stereocenters. The Kier molecular flexibility index (Phi) is 4.35. The van der Waals surface area contributed by atoms with Gasteiger partial charge >= 0.3 is 0 Å². The van der Waals surface area contributed by atoms with Crippen molar-refractivity contribution in [2.24, 2.45) is 5.73 Å². The Morgan fingerprint density at radius 2 is 2.21 bits per heavy atom. The molecule has 1 aromatic heterocycles. The number of hydrogen-bond donors (Lipinski definition) is 1. The quantitative estimate of drug-likeness (QED) is 0.933. The second-order valence-electron chi connectivity index (χ2n) is 4.23. The summed E-state index contributed by atoms with van der Waals surface area (Å²) in [5.74, 6) is 0.228. The molecule has 3 nitrogen and oxygen atoms in total. The maximum absolute atomic E-state index is 13.2. The van der Waals surface area contributed by atoms with Gasteiger partial charge in [-0.3, -0.25) is 4.98 Å². The van der Waals surface area contributed by atoms with Gasteiger partial charge < -0.3 is 10.5 Å². The van der Waals surface area contributed by atoms with Gasteiger partial charge in [-0.05, 0) is 31.2 Å². The smallest absolute Gasteiger partial charge is 0.124 e. The summed E-state index contributed by atoms with van der Waals surface area (Å²) in [6.45, 7) is 2.06. The van der Waals surface area contributed by atoms with Crippen LogP contribution >= 0.6 is 11.6 Å². The van der Waals surface area contributed by atoms with Crippen LogP contribution in [-0.4, -0.2) is 4.98 Å². The van der Waals surface area contributed by atoms with Gasteiger partial charge in [0.1, 0.15) is 18.2 Å². The molecule has 2 rings (SSSR count). The summed E-state index contributed by atoms with van der Waals surface area (Å²) in [5.41, 5.74) is 7.25. The molecule has 1 heterocycles. The van der Waals surface area contributed by atoms with Crippen LogP contribution in [0.25, 0.3) is 0 Å². The second kappa shape index (κ2) is 5.99. The molecule has 0 saturated carbocycles.